The van der Waals surface area contributed by atoms with Crippen molar-refractivity contribution in [3.8, 4) is 5.75 Å². The number of nitrogens with zero attached hydrogens (tertiary/aromatic N) is 1. The molecule has 1 aliphatic rings. The van der Waals surface area contributed by atoms with Gasteiger partial charge in [-0.2, -0.15) is 0 Å². The number of benzene rings is 2. The van der Waals surface area contributed by atoms with Crippen molar-refractivity contribution >= 4 is 17.2 Å². The first-order valence-corrected chi connectivity index (χ1v) is 9.29. The standard InChI is InChI=1S/C22H23NO5/c1-15(19-14-17(27-2)12-13-20(19)23(25)26)22(24)28-21-11-7-6-10-18(21)16-8-4-3-5-9-16/h3-5,8-9,12-14,18,21H,1,6-7,10-11H2,2H3/t18-,21?/m1/s1. The number of methoxy groups -OCH3 is 1. The van der Waals surface area contributed by atoms with E-state index in [1.165, 1.54) is 25.3 Å². The van der Waals surface area contributed by atoms with E-state index in [0.717, 1.165) is 31.2 Å². The smallest absolute Gasteiger partial charge is 0.338 e. The number of nitro benzene ring substituents is 1. The zero-order valence-corrected chi connectivity index (χ0v) is 15.8. The molecule has 2 atom stereocenters. The second-order valence-electron chi connectivity index (χ2n) is 6.86. The molecule has 3 rings (SSSR count). The normalized spacial score (nSPS) is 18.9. The number of ether oxygens (including phenoxy) is 2. The van der Waals surface area contributed by atoms with Crippen LogP contribution in [0.3, 0.4) is 0 Å². The summed E-state index contributed by atoms with van der Waals surface area (Å²) in [7, 11) is 1.46. The fourth-order valence-electron chi connectivity index (χ4n) is 3.68. The second kappa shape index (κ2) is 8.69. The SMILES string of the molecule is C=C(C(=O)OC1CCCC[C@@H]1c1ccccc1)c1cc(OC)ccc1[N+](=O)[O-]. The number of rotatable bonds is 6. The second-order valence-corrected chi connectivity index (χ2v) is 6.86. The predicted octanol–water partition coefficient (Wildman–Crippen LogP) is 4.89. The van der Waals surface area contributed by atoms with Gasteiger partial charge < -0.3 is 9.47 Å². The van der Waals surface area contributed by atoms with Crippen LogP contribution in [-0.4, -0.2) is 24.1 Å². The summed E-state index contributed by atoms with van der Waals surface area (Å²) in [5.41, 5.74) is 1.01. The zero-order chi connectivity index (χ0) is 20.1. The van der Waals surface area contributed by atoms with Gasteiger partial charge in [-0.3, -0.25) is 10.1 Å². The minimum absolute atomic E-state index is 0.0389. The van der Waals surface area contributed by atoms with Gasteiger partial charge in [0, 0.05) is 12.0 Å². The molecule has 1 unspecified atom stereocenters. The van der Waals surface area contributed by atoms with Crippen LogP contribution in [0.2, 0.25) is 0 Å². The van der Waals surface area contributed by atoms with Gasteiger partial charge in [-0.1, -0.05) is 43.3 Å². The van der Waals surface area contributed by atoms with Crippen molar-refractivity contribution in [2.75, 3.05) is 7.11 Å². The van der Waals surface area contributed by atoms with E-state index in [-0.39, 0.29) is 28.8 Å². The molecule has 1 saturated carbocycles. The summed E-state index contributed by atoms with van der Waals surface area (Å²) in [6.45, 7) is 3.77. The Labute approximate surface area is 163 Å². The lowest BCUT2D eigenvalue weighted by Crippen LogP contribution is -2.29. The molecule has 2 aromatic carbocycles. The third-order valence-electron chi connectivity index (χ3n) is 5.16. The van der Waals surface area contributed by atoms with E-state index in [9.17, 15) is 14.9 Å². The van der Waals surface area contributed by atoms with Gasteiger partial charge in [-0.15, -0.1) is 0 Å². The summed E-state index contributed by atoms with van der Waals surface area (Å²) >= 11 is 0. The summed E-state index contributed by atoms with van der Waals surface area (Å²) in [5.74, 6) is -0.106. The average Bonchev–Trinajstić information content (AvgIpc) is 2.73. The van der Waals surface area contributed by atoms with Gasteiger partial charge in [-0.25, -0.2) is 4.79 Å². The van der Waals surface area contributed by atoms with Crippen LogP contribution in [-0.2, 0) is 9.53 Å². The molecule has 0 spiro atoms. The summed E-state index contributed by atoms with van der Waals surface area (Å²) in [6.07, 6.45) is 3.49. The number of esters is 1. The third kappa shape index (κ3) is 4.22. The maximum Gasteiger partial charge on any atom is 0.338 e. The topological polar surface area (TPSA) is 78.7 Å². The number of hydrogen-bond donors (Lipinski definition) is 0. The molecule has 6 nitrogen and oxygen atoms in total. The molecule has 0 amide bonds. The van der Waals surface area contributed by atoms with Crippen molar-refractivity contribution in [3.05, 3.63) is 76.4 Å². The molecule has 146 valence electrons. The van der Waals surface area contributed by atoms with Crippen molar-refractivity contribution in [1.82, 2.24) is 0 Å². The van der Waals surface area contributed by atoms with Crippen LogP contribution >= 0.6 is 0 Å². The Kier molecular flexibility index (Phi) is 6.09. The first-order chi connectivity index (χ1) is 13.5. The lowest BCUT2D eigenvalue weighted by Gasteiger charge is -2.31. The molecule has 6 heteroatoms. The molecule has 1 aliphatic carbocycles. The first kappa shape index (κ1) is 19.6. The Hall–Kier alpha value is -3.15. The highest BCUT2D eigenvalue weighted by Crippen LogP contribution is 2.36. The lowest BCUT2D eigenvalue weighted by atomic mass is 9.81. The van der Waals surface area contributed by atoms with E-state index in [1.807, 2.05) is 30.3 Å². The minimum Gasteiger partial charge on any atom is -0.497 e. The molecule has 0 heterocycles. The largest absolute Gasteiger partial charge is 0.497 e. The predicted molar refractivity (Wildman–Crippen MR) is 106 cm³/mol. The number of carbonyl (C=O) groups is 1. The van der Waals surface area contributed by atoms with Gasteiger partial charge in [0.25, 0.3) is 5.69 Å². The van der Waals surface area contributed by atoms with E-state index in [1.54, 1.807) is 0 Å². The maximum atomic E-state index is 12.8. The van der Waals surface area contributed by atoms with Gasteiger partial charge in [0.05, 0.1) is 23.2 Å². The maximum absolute atomic E-state index is 12.8. The minimum atomic E-state index is -0.635. The fraction of sp³-hybridized carbons (Fsp3) is 0.318. The van der Waals surface area contributed by atoms with Crippen LogP contribution in [0.5, 0.6) is 5.75 Å². The van der Waals surface area contributed by atoms with Crippen molar-refractivity contribution in [3.63, 3.8) is 0 Å². The Bertz CT molecular complexity index is 878. The molecule has 28 heavy (non-hydrogen) atoms. The van der Waals surface area contributed by atoms with Crippen LogP contribution in [0.4, 0.5) is 5.69 Å². The van der Waals surface area contributed by atoms with Gasteiger partial charge >= 0.3 is 5.97 Å². The molecule has 0 radical (unpaired) electrons. The summed E-state index contributed by atoms with van der Waals surface area (Å²) < 4.78 is 10.9. The third-order valence-corrected chi connectivity index (χ3v) is 5.16. The van der Waals surface area contributed by atoms with E-state index in [4.69, 9.17) is 9.47 Å². The van der Waals surface area contributed by atoms with Crippen molar-refractivity contribution in [2.45, 2.75) is 37.7 Å². The quantitative estimate of drug-likeness (QED) is 0.308. The van der Waals surface area contributed by atoms with Crippen molar-refractivity contribution in [1.29, 1.82) is 0 Å². The van der Waals surface area contributed by atoms with Crippen LogP contribution in [0.25, 0.3) is 5.57 Å². The van der Waals surface area contributed by atoms with Gasteiger partial charge in [0.1, 0.15) is 11.9 Å². The van der Waals surface area contributed by atoms with E-state index in [2.05, 4.69) is 6.58 Å². The highest BCUT2D eigenvalue weighted by atomic mass is 16.6. The molecular formula is C22H23NO5. The van der Waals surface area contributed by atoms with Gasteiger partial charge in [0.2, 0.25) is 0 Å². The molecule has 0 saturated heterocycles. The molecule has 1 fully saturated rings. The first-order valence-electron chi connectivity index (χ1n) is 9.29. The highest BCUT2D eigenvalue weighted by Gasteiger charge is 2.31. The number of nitro groups is 1. The van der Waals surface area contributed by atoms with E-state index < -0.39 is 10.9 Å². The lowest BCUT2D eigenvalue weighted by molar-refractivity contribution is -0.385. The van der Waals surface area contributed by atoms with E-state index in [0.29, 0.717) is 5.75 Å². The van der Waals surface area contributed by atoms with E-state index >= 15 is 0 Å². The number of hydrogen-bond acceptors (Lipinski definition) is 5. The Balaban J connectivity index is 1.82. The van der Waals surface area contributed by atoms with Crippen molar-refractivity contribution < 1.29 is 19.2 Å². The van der Waals surface area contributed by atoms with Gasteiger partial charge in [0.15, 0.2) is 0 Å². The molecular weight excluding hydrogens is 358 g/mol. The fourth-order valence-corrected chi connectivity index (χ4v) is 3.68. The van der Waals surface area contributed by atoms with Crippen LogP contribution in [0.1, 0.15) is 42.7 Å². The summed E-state index contributed by atoms with van der Waals surface area (Å²) in [4.78, 5) is 23.6. The summed E-state index contributed by atoms with van der Waals surface area (Å²) in [6, 6.07) is 14.2. The molecule has 0 aliphatic heterocycles. The molecule has 2 aromatic rings. The highest BCUT2D eigenvalue weighted by molar-refractivity contribution is 6.17. The molecule has 0 bridgehead atoms. The van der Waals surface area contributed by atoms with Crippen LogP contribution in [0, 0.1) is 10.1 Å². The Morgan fingerprint density at radius 2 is 1.86 bits per heavy atom. The van der Waals surface area contributed by atoms with Gasteiger partial charge in [-0.05, 0) is 37.0 Å². The molecule has 0 aromatic heterocycles. The van der Waals surface area contributed by atoms with Crippen LogP contribution < -0.4 is 4.74 Å². The molecule has 0 N–H and O–H groups in total. The van der Waals surface area contributed by atoms with Crippen molar-refractivity contribution in [2.24, 2.45) is 0 Å². The monoisotopic (exact) mass is 381 g/mol. The Morgan fingerprint density at radius 1 is 1.14 bits per heavy atom. The summed E-state index contributed by atoms with van der Waals surface area (Å²) in [5, 5.41) is 11.3. The van der Waals surface area contributed by atoms with Crippen LogP contribution in [0.15, 0.2) is 55.1 Å². The Morgan fingerprint density at radius 3 is 2.54 bits per heavy atom. The number of carbonyl (C=O) groups excluding carboxylic acids is 1. The zero-order valence-electron chi connectivity index (χ0n) is 15.8. The average molecular weight is 381 g/mol.